The SMILES string of the molecule is C=CCC(O)c1ccc(OC)c(-c2ccc(O)c3c2CC2CC4CC(=O)C(C(N)=O)=C(O)C4(O)C(=O)C2=C3O)c1. The third-order valence-electron chi connectivity index (χ3n) is 8.24. The minimum Gasteiger partial charge on any atom is -0.508 e. The van der Waals surface area contributed by atoms with Crippen LogP contribution in [0.5, 0.6) is 11.5 Å². The lowest BCUT2D eigenvalue weighted by atomic mass is 9.59. The predicted molar refractivity (Wildman–Crippen MR) is 143 cm³/mol. The number of fused-ring (bicyclic) bond motifs is 3. The van der Waals surface area contributed by atoms with Crippen molar-refractivity contribution in [2.75, 3.05) is 7.11 Å². The number of aromatic hydroxyl groups is 1. The topological polar surface area (TPSA) is 188 Å². The van der Waals surface area contributed by atoms with Crippen LogP contribution in [0.4, 0.5) is 0 Å². The number of phenols is 1. The Bertz CT molecular complexity index is 1550. The Morgan fingerprint density at radius 1 is 1.18 bits per heavy atom. The maximum Gasteiger partial charge on any atom is 0.255 e. The first-order chi connectivity index (χ1) is 18.9. The van der Waals surface area contributed by atoms with E-state index in [1.54, 1.807) is 30.3 Å². The minimum absolute atomic E-state index is 0.0211. The number of ketones is 2. The molecule has 3 aliphatic carbocycles. The average Bonchev–Trinajstić information content (AvgIpc) is 2.90. The van der Waals surface area contributed by atoms with Crippen molar-refractivity contribution in [3.05, 3.63) is 76.6 Å². The van der Waals surface area contributed by atoms with Gasteiger partial charge >= 0.3 is 0 Å². The van der Waals surface area contributed by atoms with Crippen LogP contribution in [0.2, 0.25) is 0 Å². The van der Waals surface area contributed by atoms with Gasteiger partial charge in [0, 0.05) is 23.5 Å². The predicted octanol–water partition coefficient (Wildman–Crippen LogP) is 2.71. The summed E-state index contributed by atoms with van der Waals surface area (Å²) in [5.74, 6) is -6.39. The molecule has 1 amide bonds. The second-order valence-electron chi connectivity index (χ2n) is 10.4. The van der Waals surface area contributed by atoms with E-state index in [-0.39, 0.29) is 29.7 Å². The van der Waals surface area contributed by atoms with E-state index in [0.29, 0.717) is 34.4 Å². The highest BCUT2D eigenvalue weighted by molar-refractivity contribution is 6.22. The number of phenolic OH excluding ortho intramolecular Hbond substituents is 1. The van der Waals surface area contributed by atoms with Crippen molar-refractivity contribution < 1.29 is 44.7 Å². The molecular weight excluding hydrogens is 518 g/mol. The molecule has 7 N–H and O–H groups in total. The second-order valence-corrected chi connectivity index (χ2v) is 10.4. The van der Waals surface area contributed by atoms with Gasteiger partial charge < -0.3 is 36.0 Å². The molecule has 0 aromatic heterocycles. The Labute approximate surface area is 229 Å². The number of hydrogen-bond donors (Lipinski definition) is 6. The summed E-state index contributed by atoms with van der Waals surface area (Å²) in [5, 5.41) is 54.8. The van der Waals surface area contributed by atoms with Crippen molar-refractivity contribution in [1.29, 1.82) is 0 Å². The van der Waals surface area contributed by atoms with Gasteiger partial charge in [-0.25, -0.2) is 0 Å². The molecule has 0 saturated heterocycles. The van der Waals surface area contributed by atoms with Crippen molar-refractivity contribution in [3.63, 3.8) is 0 Å². The van der Waals surface area contributed by atoms with Crippen molar-refractivity contribution in [2.45, 2.75) is 37.4 Å². The van der Waals surface area contributed by atoms with Crippen LogP contribution < -0.4 is 10.5 Å². The number of benzene rings is 2. The quantitative estimate of drug-likeness (QED) is 0.233. The highest BCUT2D eigenvalue weighted by Gasteiger charge is 2.60. The van der Waals surface area contributed by atoms with Crippen LogP contribution >= 0.6 is 0 Å². The van der Waals surface area contributed by atoms with E-state index >= 15 is 0 Å². The van der Waals surface area contributed by atoms with Crippen molar-refractivity contribution in [1.82, 2.24) is 0 Å². The van der Waals surface area contributed by atoms with Gasteiger partial charge in [-0.15, -0.1) is 6.58 Å². The molecule has 40 heavy (non-hydrogen) atoms. The molecule has 0 aliphatic heterocycles. The van der Waals surface area contributed by atoms with Crippen LogP contribution in [0.1, 0.15) is 42.1 Å². The van der Waals surface area contributed by atoms with E-state index in [1.807, 2.05) is 0 Å². The fraction of sp³-hybridized carbons (Fsp3) is 0.300. The zero-order valence-electron chi connectivity index (χ0n) is 21.7. The molecule has 208 valence electrons. The zero-order valence-corrected chi connectivity index (χ0v) is 21.7. The van der Waals surface area contributed by atoms with Crippen LogP contribution in [0.3, 0.4) is 0 Å². The summed E-state index contributed by atoms with van der Waals surface area (Å²) in [6.45, 7) is 3.66. The Hall–Kier alpha value is -4.41. The highest BCUT2D eigenvalue weighted by atomic mass is 16.5. The van der Waals surface area contributed by atoms with Gasteiger partial charge in [-0.1, -0.05) is 18.2 Å². The maximum atomic E-state index is 13.7. The first-order valence-corrected chi connectivity index (χ1v) is 12.7. The molecular formula is C30H29NO9. The van der Waals surface area contributed by atoms with Gasteiger partial charge in [0.05, 0.1) is 18.8 Å². The number of aliphatic hydroxyl groups is 4. The maximum absolute atomic E-state index is 13.7. The number of rotatable bonds is 6. The van der Waals surface area contributed by atoms with Gasteiger partial charge in [0.2, 0.25) is 5.78 Å². The molecule has 10 nitrogen and oxygen atoms in total. The Balaban J connectivity index is 1.70. The van der Waals surface area contributed by atoms with Gasteiger partial charge in [-0.2, -0.15) is 0 Å². The summed E-state index contributed by atoms with van der Waals surface area (Å²) in [5.41, 5.74) is 3.78. The van der Waals surface area contributed by atoms with Crippen LogP contribution in [-0.4, -0.2) is 55.7 Å². The molecule has 4 unspecified atom stereocenters. The highest BCUT2D eigenvalue weighted by Crippen LogP contribution is 2.53. The Kier molecular flexibility index (Phi) is 6.56. The Morgan fingerprint density at radius 3 is 2.55 bits per heavy atom. The fourth-order valence-electron chi connectivity index (χ4n) is 6.31. The molecule has 3 aliphatic rings. The number of methoxy groups -OCH3 is 1. The summed E-state index contributed by atoms with van der Waals surface area (Å²) in [7, 11) is 1.49. The fourth-order valence-corrected chi connectivity index (χ4v) is 6.31. The van der Waals surface area contributed by atoms with Gasteiger partial charge in [-0.05, 0) is 60.1 Å². The first-order valence-electron chi connectivity index (χ1n) is 12.7. The molecule has 2 aromatic rings. The van der Waals surface area contributed by atoms with Crippen molar-refractivity contribution in [3.8, 4) is 22.6 Å². The van der Waals surface area contributed by atoms with E-state index in [2.05, 4.69) is 6.58 Å². The summed E-state index contributed by atoms with van der Waals surface area (Å²) in [6, 6.07) is 8.16. The van der Waals surface area contributed by atoms with Crippen LogP contribution in [0.15, 0.2) is 59.9 Å². The van der Waals surface area contributed by atoms with E-state index in [1.165, 1.54) is 13.2 Å². The number of ether oxygens (including phenoxy) is 1. The van der Waals surface area contributed by atoms with Crippen LogP contribution in [0, 0.1) is 11.8 Å². The van der Waals surface area contributed by atoms with Gasteiger partial charge in [0.1, 0.15) is 28.6 Å². The lowest BCUT2D eigenvalue weighted by Gasteiger charge is -2.46. The summed E-state index contributed by atoms with van der Waals surface area (Å²) in [4.78, 5) is 38.1. The van der Waals surface area contributed by atoms with Gasteiger partial charge in [0.25, 0.3) is 5.91 Å². The number of carbonyl (C=O) groups excluding carboxylic acids is 3. The monoisotopic (exact) mass is 547 g/mol. The molecule has 0 radical (unpaired) electrons. The lowest BCUT2D eigenvalue weighted by molar-refractivity contribution is -0.147. The minimum atomic E-state index is -2.62. The Morgan fingerprint density at radius 2 is 1.90 bits per heavy atom. The number of aliphatic hydroxyl groups excluding tert-OH is 3. The van der Waals surface area contributed by atoms with Gasteiger partial charge in [0.15, 0.2) is 11.4 Å². The zero-order chi connectivity index (χ0) is 29.1. The number of Topliss-reactive ketones (excluding diaryl/α,β-unsaturated/α-hetero) is 2. The third kappa shape index (κ3) is 3.82. The van der Waals surface area contributed by atoms with E-state index < -0.39 is 64.5 Å². The largest absolute Gasteiger partial charge is 0.508 e. The number of nitrogens with two attached hydrogens (primary N) is 1. The number of hydrogen-bond acceptors (Lipinski definition) is 9. The van der Waals surface area contributed by atoms with E-state index in [4.69, 9.17) is 10.5 Å². The summed E-state index contributed by atoms with van der Waals surface area (Å²) < 4.78 is 5.57. The average molecular weight is 548 g/mol. The molecule has 2 aromatic carbocycles. The first kappa shape index (κ1) is 27.2. The summed E-state index contributed by atoms with van der Waals surface area (Å²) in [6.07, 6.45) is 0.856. The molecule has 1 saturated carbocycles. The smallest absolute Gasteiger partial charge is 0.255 e. The molecule has 0 heterocycles. The molecule has 0 spiro atoms. The number of carbonyl (C=O) groups is 3. The van der Waals surface area contributed by atoms with Crippen molar-refractivity contribution in [2.24, 2.45) is 17.6 Å². The molecule has 4 atom stereocenters. The molecule has 0 bridgehead atoms. The molecule has 10 heteroatoms. The van der Waals surface area contributed by atoms with Crippen LogP contribution in [-0.2, 0) is 20.8 Å². The number of primary amides is 1. The number of amides is 1. The third-order valence-corrected chi connectivity index (χ3v) is 8.24. The normalized spacial score (nSPS) is 24.7. The second kappa shape index (κ2) is 9.65. The van der Waals surface area contributed by atoms with E-state index in [0.717, 1.165) is 0 Å². The van der Waals surface area contributed by atoms with Crippen LogP contribution in [0.25, 0.3) is 16.9 Å². The van der Waals surface area contributed by atoms with Gasteiger partial charge in [-0.3, -0.25) is 14.4 Å². The summed E-state index contributed by atoms with van der Waals surface area (Å²) >= 11 is 0. The lowest BCUT2D eigenvalue weighted by Crippen LogP contribution is -2.58. The molecule has 1 fully saturated rings. The van der Waals surface area contributed by atoms with E-state index in [9.17, 15) is 39.9 Å². The standard InChI is InChI=1S/C30H29NO9/c1-3-4-19(32)13-5-8-22(40-2)17(10-13)16-6-7-20(33)24-18(16)11-14-9-15-12-21(34)25(29(31)38)28(37)30(15,39)27(36)23(14)26(24)35/h3,5-8,10,14-15,19,32-33,35,37,39H,1,4,9,11-12H2,2H3,(H2,31,38). The van der Waals surface area contributed by atoms with Crippen molar-refractivity contribution >= 4 is 23.2 Å². The molecule has 5 rings (SSSR count).